The zero-order valence-electron chi connectivity index (χ0n) is 52.7. The van der Waals surface area contributed by atoms with E-state index in [9.17, 15) is 14.7 Å². The molecule has 0 aromatic rings. The quantitative estimate of drug-likeness (QED) is 0.0373. The fourth-order valence-electron chi connectivity index (χ4n) is 10.9. The van der Waals surface area contributed by atoms with E-state index < -0.39 is 6.10 Å². The SMILES string of the molecule is CC/C=C\C/C=C\C/C=C\C/C=C\CCCCCCCCCCCCCCCCCCCCCCCCCCCCCCC(=O)OC(CO)COC(=O)CCCCCCCCCCCCCCCCCCCCCCCCC. The number of rotatable bonds is 66. The Kier molecular flexibility index (Phi) is 67.2. The van der Waals surface area contributed by atoms with Crippen molar-refractivity contribution in [2.75, 3.05) is 13.2 Å². The standard InChI is InChI=1S/C73H136O5/c1-3-5-7-9-11-13-15-17-19-21-23-25-27-28-29-30-31-32-33-34-35-36-37-38-39-40-41-42-43-44-46-48-50-52-54-56-58-60-62-64-66-68-73(76)78-71(69-74)70-77-72(75)67-65-63-61-59-57-55-53-51-49-47-45-26-24-22-20-18-16-14-12-10-8-6-4-2/h5,7,11,13,17,19,23,25,71,74H,3-4,6,8-10,12,14-16,18,20-22,24,26-70H2,1-2H3/b7-5-,13-11-,19-17-,25-23-. The fraction of sp³-hybridized carbons (Fsp3) is 0.863. The average molecular weight is 1090 g/mol. The van der Waals surface area contributed by atoms with Crippen LogP contribution in [-0.2, 0) is 19.1 Å². The maximum atomic E-state index is 12.4. The monoisotopic (exact) mass is 1090 g/mol. The van der Waals surface area contributed by atoms with Crippen LogP contribution in [0.15, 0.2) is 48.6 Å². The number of ether oxygens (including phenoxy) is 2. The summed E-state index contributed by atoms with van der Waals surface area (Å²) in [4.78, 5) is 24.6. The summed E-state index contributed by atoms with van der Waals surface area (Å²) in [5.74, 6) is -0.564. The Balaban J connectivity index is 3.36. The lowest BCUT2D eigenvalue weighted by Gasteiger charge is -2.15. The topological polar surface area (TPSA) is 72.8 Å². The minimum absolute atomic E-state index is 0.0579. The fourth-order valence-corrected chi connectivity index (χ4v) is 10.9. The molecule has 0 amide bonds. The second-order valence-electron chi connectivity index (χ2n) is 23.9. The van der Waals surface area contributed by atoms with E-state index in [2.05, 4.69) is 62.5 Å². The molecule has 5 heteroatoms. The third-order valence-corrected chi connectivity index (χ3v) is 16.1. The highest BCUT2D eigenvalue weighted by Gasteiger charge is 2.16. The van der Waals surface area contributed by atoms with E-state index in [0.29, 0.717) is 12.8 Å². The Bertz CT molecular complexity index is 1280. The molecule has 0 aromatic heterocycles. The molecular formula is C73H136O5. The summed E-state index contributed by atoms with van der Waals surface area (Å²) in [6.45, 7) is 4.09. The molecule has 1 N–H and O–H groups in total. The van der Waals surface area contributed by atoms with Gasteiger partial charge in [0.1, 0.15) is 6.61 Å². The van der Waals surface area contributed by atoms with Crippen molar-refractivity contribution in [3.63, 3.8) is 0 Å². The summed E-state index contributed by atoms with van der Waals surface area (Å²) < 4.78 is 10.8. The summed E-state index contributed by atoms with van der Waals surface area (Å²) in [5, 5.41) is 9.69. The molecule has 78 heavy (non-hydrogen) atoms. The highest BCUT2D eigenvalue weighted by molar-refractivity contribution is 5.70. The third kappa shape index (κ3) is 66.4. The van der Waals surface area contributed by atoms with E-state index in [1.54, 1.807) is 0 Å². The highest BCUT2D eigenvalue weighted by Crippen LogP contribution is 2.19. The summed E-state index contributed by atoms with van der Waals surface area (Å²) in [5.41, 5.74) is 0. The minimum atomic E-state index is -0.768. The highest BCUT2D eigenvalue weighted by atomic mass is 16.6. The van der Waals surface area contributed by atoms with Crippen LogP contribution in [0.1, 0.15) is 386 Å². The van der Waals surface area contributed by atoms with E-state index in [-0.39, 0.29) is 25.2 Å². The predicted molar refractivity (Wildman–Crippen MR) is 344 cm³/mol. The van der Waals surface area contributed by atoms with Crippen molar-refractivity contribution in [3.05, 3.63) is 48.6 Å². The minimum Gasteiger partial charge on any atom is -0.462 e. The smallest absolute Gasteiger partial charge is 0.306 e. The first-order valence-electron chi connectivity index (χ1n) is 35.2. The van der Waals surface area contributed by atoms with Crippen LogP contribution in [0, 0.1) is 0 Å². The summed E-state index contributed by atoms with van der Waals surface area (Å²) in [6.07, 6.45) is 93.1. The Hall–Kier alpha value is -2.14. The second-order valence-corrected chi connectivity index (χ2v) is 23.9. The first-order chi connectivity index (χ1) is 38.6. The number of carbonyl (C=O) groups is 2. The lowest BCUT2D eigenvalue weighted by Crippen LogP contribution is -2.28. The normalized spacial score (nSPS) is 12.4. The van der Waals surface area contributed by atoms with Gasteiger partial charge in [-0.25, -0.2) is 0 Å². The van der Waals surface area contributed by atoms with Gasteiger partial charge in [-0.2, -0.15) is 0 Å². The van der Waals surface area contributed by atoms with Crippen LogP contribution in [0.3, 0.4) is 0 Å². The van der Waals surface area contributed by atoms with Crippen molar-refractivity contribution in [3.8, 4) is 0 Å². The third-order valence-electron chi connectivity index (χ3n) is 16.1. The molecule has 458 valence electrons. The zero-order valence-corrected chi connectivity index (χ0v) is 52.7. The van der Waals surface area contributed by atoms with E-state index in [1.165, 1.54) is 302 Å². The molecule has 0 heterocycles. The van der Waals surface area contributed by atoms with Crippen molar-refractivity contribution in [2.24, 2.45) is 0 Å². The van der Waals surface area contributed by atoms with E-state index in [4.69, 9.17) is 9.47 Å². The van der Waals surface area contributed by atoms with Crippen LogP contribution >= 0.6 is 0 Å². The Morgan fingerprint density at radius 1 is 0.308 bits per heavy atom. The van der Waals surface area contributed by atoms with Crippen molar-refractivity contribution in [1.82, 2.24) is 0 Å². The van der Waals surface area contributed by atoms with Crippen molar-refractivity contribution < 1.29 is 24.2 Å². The largest absolute Gasteiger partial charge is 0.462 e. The molecule has 0 aliphatic rings. The maximum absolute atomic E-state index is 12.4. The molecule has 5 nitrogen and oxygen atoms in total. The number of allylic oxidation sites excluding steroid dienone is 8. The molecule has 0 saturated heterocycles. The Morgan fingerprint density at radius 3 is 0.833 bits per heavy atom. The van der Waals surface area contributed by atoms with Crippen LogP contribution in [0.2, 0.25) is 0 Å². The molecule has 0 aliphatic carbocycles. The molecule has 1 atom stereocenters. The zero-order chi connectivity index (χ0) is 56.2. The molecule has 0 aliphatic heterocycles. The van der Waals surface area contributed by atoms with Crippen LogP contribution in [-0.4, -0.2) is 36.4 Å². The summed E-state index contributed by atoms with van der Waals surface area (Å²) >= 11 is 0. The van der Waals surface area contributed by atoms with Crippen LogP contribution < -0.4 is 0 Å². The van der Waals surface area contributed by atoms with Crippen molar-refractivity contribution in [2.45, 2.75) is 392 Å². The summed E-state index contributed by atoms with van der Waals surface area (Å²) in [7, 11) is 0. The van der Waals surface area contributed by atoms with Crippen LogP contribution in [0.25, 0.3) is 0 Å². The van der Waals surface area contributed by atoms with Gasteiger partial charge >= 0.3 is 11.9 Å². The Morgan fingerprint density at radius 2 is 0.551 bits per heavy atom. The molecular weight excluding hydrogens is 957 g/mol. The number of carbonyl (C=O) groups excluding carboxylic acids is 2. The van der Waals surface area contributed by atoms with E-state index in [1.807, 2.05) is 0 Å². The number of hydrogen-bond donors (Lipinski definition) is 1. The number of esters is 2. The summed E-state index contributed by atoms with van der Waals surface area (Å²) in [6, 6.07) is 0. The number of unbranched alkanes of at least 4 members (excludes halogenated alkanes) is 50. The Labute approximate surface area is 488 Å². The molecule has 0 rings (SSSR count). The van der Waals surface area contributed by atoms with Gasteiger partial charge in [0.2, 0.25) is 0 Å². The molecule has 0 fully saturated rings. The maximum Gasteiger partial charge on any atom is 0.306 e. The van der Waals surface area contributed by atoms with Gasteiger partial charge in [-0.1, -0.05) is 371 Å². The van der Waals surface area contributed by atoms with Gasteiger partial charge in [0.25, 0.3) is 0 Å². The van der Waals surface area contributed by atoms with Gasteiger partial charge in [0.05, 0.1) is 6.61 Å². The van der Waals surface area contributed by atoms with Crippen molar-refractivity contribution in [1.29, 1.82) is 0 Å². The van der Waals surface area contributed by atoms with Crippen molar-refractivity contribution >= 4 is 11.9 Å². The van der Waals surface area contributed by atoms with Crippen LogP contribution in [0.4, 0.5) is 0 Å². The molecule has 0 saturated carbocycles. The van der Waals surface area contributed by atoms with Crippen LogP contribution in [0.5, 0.6) is 0 Å². The molecule has 0 spiro atoms. The van der Waals surface area contributed by atoms with Gasteiger partial charge < -0.3 is 14.6 Å². The molecule has 0 bridgehead atoms. The lowest BCUT2D eigenvalue weighted by atomic mass is 10.0. The number of hydrogen-bond acceptors (Lipinski definition) is 5. The van der Waals surface area contributed by atoms with Gasteiger partial charge in [-0.15, -0.1) is 0 Å². The van der Waals surface area contributed by atoms with E-state index >= 15 is 0 Å². The van der Waals surface area contributed by atoms with Gasteiger partial charge in [0.15, 0.2) is 6.10 Å². The lowest BCUT2D eigenvalue weighted by molar-refractivity contribution is -0.161. The molecule has 0 aromatic carbocycles. The van der Waals surface area contributed by atoms with E-state index in [0.717, 1.165) is 57.8 Å². The number of aliphatic hydroxyl groups excluding tert-OH is 1. The predicted octanol–water partition coefficient (Wildman–Crippen LogP) is 24.3. The first-order valence-corrected chi connectivity index (χ1v) is 35.2. The molecule has 0 radical (unpaired) electrons. The van der Waals surface area contributed by atoms with Gasteiger partial charge in [0, 0.05) is 12.8 Å². The van der Waals surface area contributed by atoms with Gasteiger partial charge in [-0.3, -0.25) is 9.59 Å². The average Bonchev–Trinajstić information content (AvgIpc) is 3.44. The van der Waals surface area contributed by atoms with Gasteiger partial charge in [-0.05, 0) is 51.4 Å². The second kappa shape index (κ2) is 69.1. The molecule has 1 unspecified atom stereocenters. The first kappa shape index (κ1) is 75.9. The number of aliphatic hydroxyl groups is 1.